The first-order valence-corrected chi connectivity index (χ1v) is 11.5. The highest BCUT2D eigenvalue weighted by Gasteiger charge is 2.50. The first-order valence-electron chi connectivity index (χ1n) is 11.5. The lowest BCUT2D eigenvalue weighted by Crippen LogP contribution is -2.48. The smallest absolute Gasteiger partial charge is 0.411 e. The van der Waals surface area contributed by atoms with Crippen molar-refractivity contribution in [3.05, 3.63) is 64.9 Å². The van der Waals surface area contributed by atoms with Crippen LogP contribution in [0.2, 0.25) is 0 Å². The summed E-state index contributed by atoms with van der Waals surface area (Å²) in [6.45, 7) is 4.05. The van der Waals surface area contributed by atoms with Gasteiger partial charge in [0.05, 0.1) is 11.1 Å². The van der Waals surface area contributed by atoms with Gasteiger partial charge >= 0.3 is 6.09 Å². The number of rotatable bonds is 5. The van der Waals surface area contributed by atoms with Gasteiger partial charge in [-0.25, -0.2) is 13.6 Å². The Balaban J connectivity index is 1.83. The first-order chi connectivity index (χ1) is 16.3. The predicted molar refractivity (Wildman–Crippen MR) is 124 cm³/mol. The Morgan fingerprint density at radius 1 is 1.15 bits per heavy atom. The second-order valence-electron chi connectivity index (χ2n) is 8.94. The molecule has 8 heteroatoms. The van der Waals surface area contributed by atoms with E-state index >= 15 is 0 Å². The van der Waals surface area contributed by atoms with Gasteiger partial charge in [-0.2, -0.15) is 0 Å². The lowest BCUT2D eigenvalue weighted by Gasteiger charge is -2.37. The number of aryl methyl sites for hydroxylation is 1. The molecule has 34 heavy (non-hydrogen) atoms. The van der Waals surface area contributed by atoms with Gasteiger partial charge in [-0.05, 0) is 85.9 Å². The van der Waals surface area contributed by atoms with Gasteiger partial charge in [0.2, 0.25) is 0 Å². The number of ether oxygens (including phenoxy) is 1. The standard InChI is InChI=1S/C26H28F2N2O4/c1-3-29-25(33)34-23-22(24(32)30-26(23)10-8-16(14-31)9-11-26)19-12-17(5-4-15(19)2)18-6-7-20(27)21(28)13-18/h4-7,12-13,16,31H,3,8-11,14H2,1-2H3,(H,29,33)(H,30,32)/t16-,26+. The number of aliphatic hydroxyl groups excluding tert-OH is 1. The van der Waals surface area contributed by atoms with Crippen LogP contribution < -0.4 is 10.6 Å². The molecule has 0 atom stereocenters. The minimum Gasteiger partial charge on any atom is -0.411 e. The van der Waals surface area contributed by atoms with Crippen molar-refractivity contribution in [1.29, 1.82) is 0 Å². The van der Waals surface area contributed by atoms with E-state index < -0.39 is 23.3 Å². The molecule has 180 valence electrons. The number of carbonyl (C=O) groups excluding carboxylic acids is 2. The molecular weight excluding hydrogens is 442 g/mol. The molecule has 2 aromatic carbocycles. The molecule has 2 amide bonds. The van der Waals surface area contributed by atoms with E-state index in [1.54, 1.807) is 25.1 Å². The monoisotopic (exact) mass is 470 g/mol. The molecule has 0 aromatic heterocycles. The molecule has 1 heterocycles. The summed E-state index contributed by atoms with van der Waals surface area (Å²) in [4.78, 5) is 25.8. The number of carbonyl (C=O) groups is 2. The molecule has 1 fully saturated rings. The van der Waals surface area contributed by atoms with E-state index in [4.69, 9.17) is 4.74 Å². The fraction of sp³-hybridized carbons (Fsp3) is 0.385. The van der Waals surface area contributed by atoms with Crippen molar-refractivity contribution in [3.63, 3.8) is 0 Å². The van der Waals surface area contributed by atoms with Crippen molar-refractivity contribution in [1.82, 2.24) is 10.6 Å². The van der Waals surface area contributed by atoms with E-state index in [0.717, 1.165) is 17.7 Å². The summed E-state index contributed by atoms with van der Waals surface area (Å²) in [5.41, 5.74) is 1.81. The lowest BCUT2D eigenvalue weighted by molar-refractivity contribution is -0.116. The maximum atomic E-state index is 13.9. The minimum atomic E-state index is -0.961. The highest BCUT2D eigenvalue weighted by molar-refractivity contribution is 6.24. The molecule has 1 spiro atoms. The van der Waals surface area contributed by atoms with Crippen molar-refractivity contribution in [2.45, 2.75) is 45.1 Å². The van der Waals surface area contributed by atoms with E-state index in [1.165, 1.54) is 6.07 Å². The SMILES string of the molecule is CCNC(=O)OC1=C(c2cc(-c3ccc(F)c(F)c3)ccc2C)C(=O)N[C@]12CC[C@@H](CO)CC2. The van der Waals surface area contributed by atoms with Gasteiger partial charge < -0.3 is 20.5 Å². The quantitative estimate of drug-likeness (QED) is 0.603. The normalized spacial score (nSPS) is 22.1. The summed E-state index contributed by atoms with van der Waals surface area (Å²) in [6, 6.07) is 8.94. The second-order valence-corrected chi connectivity index (χ2v) is 8.94. The molecule has 2 aliphatic rings. The molecule has 0 bridgehead atoms. The van der Waals surface area contributed by atoms with Gasteiger partial charge in [-0.15, -0.1) is 0 Å². The number of amides is 2. The molecule has 0 saturated heterocycles. The summed E-state index contributed by atoms with van der Waals surface area (Å²) >= 11 is 0. The van der Waals surface area contributed by atoms with Crippen LogP contribution in [0.15, 0.2) is 42.2 Å². The third-order valence-corrected chi connectivity index (χ3v) is 6.73. The van der Waals surface area contributed by atoms with E-state index in [2.05, 4.69) is 10.6 Å². The molecular formula is C26H28F2N2O4. The van der Waals surface area contributed by atoms with Gasteiger partial charge in [0, 0.05) is 13.2 Å². The average molecular weight is 471 g/mol. The molecule has 2 aromatic rings. The number of halogens is 2. The fourth-order valence-electron chi connectivity index (χ4n) is 4.80. The topological polar surface area (TPSA) is 87.7 Å². The van der Waals surface area contributed by atoms with Gasteiger partial charge in [0.1, 0.15) is 5.76 Å². The molecule has 0 radical (unpaired) electrons. The van der Waals surface area contributed by atoms with Crippen LogP contribution in [0.3, 0.4) is 0 Å². The summed E-state index contributed by atoms with van der Waals surface area (Å²) < 4.78 is 33.1. The van der Waals surface area contributed by atoms with Crippen molar-refractivity contribution < 1.29 is 28.2 Å². The van der Waals surface area contributed by atoms with Gasteiger partial charge in [-0.3, -0.25) is 4.79 Å². The number of hydrogen-bond donors (Lipinski definition) is 3. The summed E-state index contributed by atoms with van der Waals surface area (Å²) in [5.74, 6) is -1.85. The highest BCUT2D eigenvalue weighted by atomic mass is 19.2. The first kappa shape index (κ1) is 23.9. The second kappa shape index (κ2) is 9.54. The lowest BCUT2D eigenvalue weighted by atomic mass is 9.75. The van der Waals surface area contributed by atoms with E-state index in [0.29, 0.717) is 48.9 Å². The highest BCUT2D eigenvalue weighted by Crippen LogP contribution is 2.45. The number of hydrogen-bond acceptors (Lipinski definition) is 4. The van der Waals surface area contributed by atoms with Crippen LogP contribution in [0.25, 0.3) is 16.7 Å². The molecule has 0 unspecified atom stereocenters. The van der Waals surface area contributed by atoms with Gasteiger partial charge in [0.15, 0.2) is 11.6 Å². The van der Waals surface area contributed by atoms with E-state index in [-0.39, 0.29) is 29.8 Å². The third-order valence-electron chi connectivity index (χ3n) is 6.73. The Morgan fingerprint density at radius 3 is 2.47 bits per heavy atom. The largest absolute Gasteiger partial charge is 0.412 e. The molecule has 1 aliphatic carbocycles. The zero-order chi connectivity index (χ0) is 24.5. The maximum absolute atomic E-state index is 13.9. The summed E-state index contributed by atoms with van der Waals surface area (Å²) in [7, 11) is 0. The van der Waals surface area contributed by atoms with Gasteiger partial charge in [0.25, 0.3) is 5.91 Å². The molecule has 4 rings (SSSR count). The number of alkyl carbamates (subject to hydrolysis) is 1. The predicted octanol–water partition coefficient (Wildman–Crippen LogP) is 4.45. The zero-order valence-electron chi connectivity index (χ0n) is 19.2. The van der Waals surface area contributed by atoms with Crippen LogP contribution in [0, 0.1) is 24.5 Å². The van der Waals surface area contributed by atoms with Gasteiger partial charge in [-0.1, -0.05) is 18.2 Å². The van der Waals surface area contributed by atoms with E-state index in [9.17, 15) is 23.5 Å². The van der Waals surface area contributed by atoms with Crippen molar-refractivity contribution in [2.75, 3.05) is 13.2 Å². The van der Waals surface area contributed by atoms with Crippen molar-refractivity contribution in [3.8, 4) is 11.1 Å². The number of nitrogens with one attached hydrogen (secondary N) is 2. The minimum absolute atomic E-state index is 0.0719. The maximum Gasteiger partial charge on any atom is 0.412 e. The summed E-state index contributed by atoms with van der Waals surface area (Å²) in [6.07, 6.45) is 1.78. The Hall–Kier alpha value is -3.26. The van der Waals surface area contributed by atoms with Crippen LogP contribution in [-0.4, -0.2) is 35.8 Å². The Kier molecular flexibility index (Phi) is 6.70. The molecule has 3 N–H and O–H groups in total. The van der Waals surface area contributed by atoms with E-state index in [1.807, 2.05) is 6.92 Å². The van der Waals surface area contributed by atoms with Crippen molar-refractivity contribution >= 4 is 17.6 Å². The Labute approximate surface area is 197 Å². The molecule has 1 aliphatic heterocycles. The zero-order valence-corrected chi connectivity index (χ0v) is 19.2. The average Bonchev–Trinajstić information content (AvgIpc) is 3.07. The number of aliphatic hydroxyl groups is 1. The van der Waals surface area contributed by atoms with Crippen LogP contribution in [-0.2, 0) is 9.53 Å². The Bertz CT molecular complexity index is 1150. The number of benzene rings is 2. The van der Waals surface area contributed by atoms with Crippen LogP contribution in [0.5, 0.6) is 0 Å². The van der Waals surface area contributed by atoms with Crippen LogP contribution in [0.1, 0.15) is 43.7 Å². The third kappa shape index (κ3) is 4.42. The molecule has 1 saturated carbocycles. The Morgan fingerprint density at radius 2 is 1.82 bits per heavy atom. The van der Waals surface area contributed by atoms with Crippen LogP contribution in [0.4, 0.5) is 13.6 Å². The summed E-state index contributed by atoms with van der Waals surface area (Å²) in [5, 5.41) is 15.2. The fourth-order valence-corrected chi connectivity index (χ4v) is 4.80. The van der Waals surface area contributed by atoms with Crippen LogP contribution >= 0.6 is 0 Å². The van der Waals surface area contributed by atoms with Crippen molar-refractivity contribution in [2.24, 2.45) is 5.92 Å². The molecule has 6 nitrogen and oxygen atoms in total.